The molecule has 0 radical (unpaired) electrons. The summed E-state index contributed by atoms with van der Waals surface area (Å²) in [5.74, 6) is 0. The van der Waals surface area contributed by atoms with Crippen LogP contribution in [0.1, 0.15) is 19.3 Å². The van der Waals surface area contributed by atoms with Crippen LogP contribution in [0.15, 0.2) is 0 Å². The van der Waals surface area contributed by atoms with Crippen LogP contribution in [0.4, 0.5) is 0 Å². The van der Waals surface area contributed by atoms with Gasteiger partial charge in [0.15, 0.2) is 0 Å². The lowest BCUT2D eigenvalue weighted by atomic mass is 10.2. The molecular weight excluding hydrogens is 350 g/mol. The third kappa shape index (κ3) is 4.22. The maximum atomic E-state index is 3.44. The fourth-order valence-corrected chi connectivity index (χ4v) is 6.20. The zero-order chi connectivity index (χ0) is 17.6. The monoisotopic (exact) mass is 386 g/mol. The number of nitrogens with one attached hydrogen (secondary N) is 2. The Morgan fingerprint density at radius 3 is 1.48 bits per heavy atom. The minimum Gasteiger partial charge on any atom is -0.311 e. The van der Waals surface area contributed by atoms with E-state index in [4.69, 9.17) is 0 Å². The molecule has 6 nitrogen and oxygen atoms in total. The summed E-state index contributed by atoms with van der Waals surface area (Å²) in [4.78, 5) is 4.91. The van der Waals surface area contributed by atoms with Crippen molar-refractivity contribution in [1.82, 2.24) is 29.8 Å². The molecule has 8 heteroatoms. The standard InChI is InChI=1S/C6H13N2P.C6H12N2.C5H11N2P/c1-7-3-6-2-5(7)4-8(6)9;1-8-4-5-2-6(8)3-7-5;8-7-3-4-1-5(7)2-6-4/h5-6H,2-4,9H2,1H3;5-7H,2-4H2,1H3;4-6H,1-3,8H2. The molecule has 0 aromatic rings. The maximum absolute atomic E-state index is 3.44. The second-order valence-corrected chi connectivity index (χ2v) is 10.1. The first-order valence-corrected chi connectivity index (χ1v) is 10.9. The quantitative estimate of drug-likeness (QED) is 0.555. The van der Waals surface area contributed by atoms with E-state index in [1.807, 2.05) is 0 Å². The summed E-state index contributed by atoms with van der Waals surface area (Å²) in [6.07, 6.45) is 4.14. The molecule has 2 N–H and O–H groups in total. The zero-order valence-electron chi connectivity index (χ0n) is 15.8. The van der Waals surface area contributed by atoms with E-state index in [9.17, 15) is 0 Å². The molecule has 25 heavy (non-hydrogen) atoms. The number of hydrogen-bond acceptors (Lipinski definition) is 6. The molecule has 6 aliphatic heterocycles. The lowest BCUT2D eigenvalue weighted by molar-refractivity contribution is 0.226. The molecule has 6 fully saturated rings. The highest BCUT2D eigenvalue weighted by Gasteiger charge is 2.39. The van der Waals surface area contributed by atoms with Crippen molar-refractivity contribution in [2.75, 3.05) is 53.4 Å². The van der Waals surface area contributed by atoms with E-state index < -0.39 is 0 Å². The van der Waals surface area contributed by atoms with E-state index in [0.717, 1.165) is 36.3 Å². The summed E-state index contributed by atoms with van der Waals surface area (Å²) in [7, 11) is 10.0. The van der Waals surface area contributed by atoms with Crippen LogP contribution in [-0.4, -0.2) is 109 Å². The largest absolute Gasteiger partial charge is 0.311 e. The van der Waals surface area contributed by atoms with Gasteiger partial charge in [0, 0.05) is 75.5 Å². The molecule has 6 bridgehead atoms. The molecule has 144 valence electrons. The van der Waals surface area contributed by atoms with E-state index in [2.05, 4.69) is 62.7 Å². The first-order valence-electron chi connectivity index (χ1n) is 9.89. The molecule has 8 unspecified atom stereocenters. The third-order valence-electron chi connectivity index (χ3n) is 6.99. The maximum Gasteiger partial charge on any atom is 0.0273 e. The van der Waals surface area contributed by atoms with Gasteiger partial charge in [0.1, 0.15) is 0 Å². The number of likely N-dealkylation sites (tertiary alicyclic amines) is 2. The van der Waals surface area contributed by atoms with E-state index >= 15 is 0 Å². The van der Waals surface area contributed by atoms with E-state index in [1.54, 1.807) is 0 Å². The number of fused-ring (bicyclic) bond motifs is 6. The minimum absolute atomic E-state index is 0.803. The highest BCUT2D eigenvalue weighted by molar-refractivity contribution is 7.13. The molecule has 6 saturated heterocycles. The molecule has 6 rings (SSSR count). The van der Waals surface area contributed by atoms with Gasteiger partial charge in [-0.25, -0.2) is 0 Å². The van der Waals surface area contributed by atoms with E-state index in [0.29, 0.717) is 0 Å². The Morgan fingerprint density at radius 2 is 1.24 bits per heavy atom. The molecule has 0 saturated carbocycles. The Kier molecular flexibility index (Phi) is 6.01. The number of hydrogen-bond donors (Lipinski definition) is 2. The zero-order valence-corrected chi connectivity index (χ0v) is 18.1. The predicted molar refractivity (Wildman–Crippen MR) is 111 cm³/mol. The van der Waals surface area contributed by atoms with E-state index in [-0.39, 0.29) is 0 Å². The smallest absolute Gasteiger partial charge is 0.0273 e. The highest BCUT2D eigenvalue weighted by atomic mass is 31.0. The van der Waals surface area contributed by atoms with E-state index in [1.165, 1.54) is 58.5 Å². The van der Waals surface area contributed by atoms with Gasteiger partial charge in [-0.15, -0.1) is 0 Å². The van der Waals surface area contributed by atoms with Gasteiger partial charge in [0.25, 0.3) is 0 Å². The molecule has 0 spiro atoms. The van der Waals surface area contributed by atoms with Gasteiger partial charge in [-0.1, -0.05) is 18.8 Å². The summed E-state index contributed by atoms with van der Waals surface area (Å²) in [6, 6.07) is 5.00. The van der Waals surface area contributed by atoms with Crippen molar-refractivity contribution in [1.29, 1.82) is 0 Å². The normalized spacial score (nSPS) is 45.6. The van der Waals surface area contributed by atoms with Gasteiger partial charge in [-0.3, -0.25) is 9.34 Å². The Labute approximate surface area is 157 Å². The SMILES string of the molecule is CN1CC2CC1CN2.CN1CC2CC1CN2P.PN1CC2CC1CN2. The summed E-state index contributed by atoms with van der Waals surface area (Å²) >= 11 is 0. The summed E-state index contributed by atoms with van der Waals surface area (Å²) in [5, 5.41) is 6.88. The fraction of sp³-hybridized carbons (Fsp3) is 1.00. The Bertz CT molecular complexity index is 420. The lowest BCUT2D eigenvalue weighted by Crippen LogP contribution is -2.41. The summed E-state index contributed by atoms with van der Waals surface area (Å²) < 4.78 is 4.76. The van der Waals surface area contributed by atoms with Gasteiger partial charge in [0.05, 0.1) is 0 Å². The van der Waals surface area contributed by atoms with Crippen molar-refractivity contribution < 1.29 is 0 Å². The Morgan fingerprint density at radius 1 is 0.640 bits per heavy atom. The molecule has 6 aliphatic rings. The van der Waals surface area contributed by atoms with Crippen LogP contribution in [0.25, 0.3) is 0 Å². The van der Waals surface area contributed by atoms with Crippen LogP contribution in [0, 0.1) is 0 Å². The Balaban J connectivity index is 0.0000000943. The van der Waals surface area contributed by atoms with Crippen molar-refractivity contribution in [3.63, 3.8) is 0 Å². The van der Waals surface area contributed by atoms with Crippen molar-refractivity contribution in [2.45, 2.75) is 55.5 Å². The third-order valence-corrected chi connectivity index (χ3v) is 8.25. The van der Waals surface area contributed by atoms with Crippen molar-refractivity contribution in [3.05, 3.63) is 0 Å². The van der Waals surface area contributed by atoms with Gasteiger partial charge in [-0.05, 0) is 33.4 Å². The van der Waals surface area contributed by atoms with Crippen molar-refractivity contribution in [2.24, 2.45) is 0 Å². The van der Waals surface area contributed by atoms with Crippen molar-refractivity contribution in [3.8, 4) is 0 Å². The Hall–Kier alpha value is 0.620. The van der Waals surface area contributed by atoms with Gasteiger partial charge < -0.3 is 20.4 Å². The minimum atomic E-state index is 0.803. The second-order valence-electron chi connectivity index (χ2n) is 8.81. The van der Waals surface area contributed by atoms with Crippen LogP contribution < -0.4 is 10.6 Å². The van der Waals surface area contributed by atoms with Crippen LogP contribution in [-0.2, 0) is 0 Å². The number of nitrogens with zero attached hydrogens (tertiary/aromatic N) is 4. The molecule has 0 aliphatic carbocycles. The van der Waals surface area contributed by atoms with Crippen LogP contribution in [0.5, 0.6) is 0 Å². The molecule has 8 atom stereocenters. The highest BCUT2D eigenvalue weighted by Crippen LogP contribution is 2.31. The predicted octanol–water partition coefficient (Wildman–Crippen LogP) is -0.350. The molecular formula is C17H36N6P2. The fourth-order valence-electron chi connectivity index (χ4n) is 5.26. The van der Waals surface area contributed by atoms with Gasteiger partial charge in [0.2, 0.25) is 0 Å². The summed E-state index contributed by atoms with van der Waals surface area (Å²) in [5.41, 5.74) is 0. The molecule has 0 aromatic carbocycles. The van der Waals surface area contributed by atoms with Crippen LogP contribution in [0.3, 0.4) is 0 Å². The first-order chi connectivity index (χ1) is 12.0. The van der Waals surface area contributed by atoms with Crippen LogP contribution >= 0.6 is 18.8 Å². The molecule has 0 amide bonds. The number of rotatable bonds is 0. The van der Waals surface area contributed by atoms with Gasteiger partial charge in [-0.2, -0.15) is 0 Å². The average molecular weight is 386 g/mol. The number of piperazine rings is 3. The van der Waals surface area contributed by atoms with Gasteiger partial charge >= 0.3 is 0 Å². The second kappa shape index (κ2) is 7.93. The topological polar surface area (TPSA) is 37.0 Å². The first kappa shape index (κ1) is 19.0. The number of likely N-dealkylation sites (N-methyl/N-ethyl adjacent to an activating group) is 2. The van der Waals surface area contributed by atoms with Crippen LogP contribution in [0.2, 0.25) is 0 Å². The molecule has 6 heterocycles. The average Bonchev–Trinajstić information content (AvgIpc) is 3.36. The lowest BCUT2D eigenvalue weighted by Gasteiger charge is -2.28. The summed E-state index contributed by atoms with van der Waals surface area (Å²) in [6.45, 7) is 7.45. The molecule has 0 aromatic heterocycles. The van der Waals surface area contributed by atoms with Crippen molar-refractivity contribution >= 4 is 18.8 Å².